The predicted molar refractivity (Wildman–Crippen MR) is 82.7 cm³/mol. The Morgan fingerprint density at radius 2 is 2.23 bits per heavy atom. The van der Waals surface area contributed by atoms with Gasteiger partial charge < -0.3 is 10.6 Å². The maximum Gasteiger partial charge on any atom is 0.220 e. The van der Waals surface area contributed by atoms with E-state index in [1.165, 1.54) is 19.2 Å². The van der Waals surface area contributed by atoms with Crippen molar-refractivity contribution in [1.29, 1.82) is 0 Å². The predicted octanol–water partition coefficient (Wildman–Crippen LogP) is 1.30. The fourth-order valence-electron chi connectivity index (χ4n) is 2.16. The fraction of sp³-hybridized carbons (Fsp3) is 0.467. The summed E-state index contributed by atoms with van der Waals surface area (Å²) in [4.78, 5) is 19.9. The maximum atomic E-state index is 11.6. The van der Waals surface area contributed by atoms with Crippen LogP contribution in [0.1, 0.15) is 25.0 Å². The molecule has 2 aromatic rings. The van der Waals surface area contributed by atoms with E-state index in [9.17, 15) is 4.79 Å². The molecule has 1 aliphatic rings. The number of nitrogens with one attached hydrogen (secondary N) is 2. The largest absolute Gasteiger partial charge is 0.368 e. The van der Waals surface area contributed by atoms with Crippen LogP contribution in [-0.2, 0) is 4.79 Å². The van der Waals surface area contributed by atoms with Crippen LogP contribution in [0.4, 0.5) is 5.82 Å². The van der Waals surface area contributed by atoms with Gasteiger partial charge in [-0.2, -0.15) is 5.10 Å². The van der Waals surface area contributed by atoms with Crippen LogP contribution in [-0.4, -0.2) is 38.7 Å². The van der Waals surface area contributed by atoms with Crippen molar-refractivity contribution in [3.05, 3.63) is 30.4 Å². The molecular formula is C15H20N6O. The lowest BCUT2D eigenvalue weighted by Crippen LogP contribution is -2.29. The molecule has 0 saturated heterocycles. The molecule has 0 bridgehead atoms. The van der Waals surface area contributed by atoms with E-state index >= 15 is 0 Å². The third-order valence-electron chi connectivity index (χ3n) is 3.53. The molecule has 2 heterocycles. The molecule has 1 fully saturated rings. The van der Waals surface area contributed by atoms with Gasteiger partial charge >= 0.3 is 0 Å². The van der Waals surface area contributed by atoms with E-state index in [4.69, 9.17) is 0 Å². The number of aromatic nitrogens is 4. The lowest BCUT2D eigenvalue weighted by Gasteiger charge is -2.08. The van der Waals surface area contributed by atoms with E-state index < -0.39 is 0 Å². The summed E-state index contributed by atoms with van der Waals surface area (Å²) in [7, 11) is 0. The molecule has 0 spiro atoms. The number of amides is 1. The Balaban J connectivity index is 1.47. The SMILES string of the molecule is Cc1ccn(-c2cc(NCCNC(=O)CC3CC3)ncn2)n1. The van der Waals surface area contributed by atoms with Gasteiger partial charge in [0.25, 0.3) is 0 Å². The molecule has 0 atom stereocenters. The van der Waals surface area contributed by atoms with E-state index in [1.807, 2.05) is 25.3 Å². The van der Waals surface area contributed by atoms with Crippen LogP contribution < -0.4 is 10.6 Å². The van der Waals surface area contributed by atoms with Gasteiger partial charge in [0.15, 0.2) is 5.82 Å². The van der Waals surface area contributed by atoms with Crippen LogP contribution in [0.5, 0.6) is 0 Å². The number of hydrogen-bond donors (Lipinski definition) is 2. The molecule has 2 aromatic heterocycles. The summed E-state index contributed by atoms with van der Waals surface area (Å²) in [5, 5.41) is 10.4. The molecule has 1 amide bonds. The van der Waals surface area contributed by atoms with Crippen molar-refractivity contribution in [3.63, 3.8) is 0 Å². The minimum Gasteiger partial charge on any atom is -0.368 e. The average molecular weight is 300 g/mol. The van der Waals surface area contributed by atoms with Crippen molar-refractivity contribution < 1.29 is 4.79 Å². The van der Waals surface area contributed by atoms with E-state index in [-0.39, 0.29) is 5.91 Å². The second-order valence-corrected chi connectivity index (χ2v) is 5.59. The zero-order valence-corrected chi connectivity index (χ0v) is 12.6. The standard InChI is InChI=1S/C15H20N6O/c1-11-4-7-21(20-11)14-9-13(18-10-19-14)16-5-6-17-15(22)8-12-2-3-12/h4,7,9-10,12H,2-3,5-6,8H2,1H3,(H,17,22)(H,16,18,19). The number of carbonyl (C=O) groups excluding carboxylic acids is 1. The van der Waals surface area contributed by atoms with Crippen LogP contribution in [0.15, 0.2) is 24.7 Å². The second-order valence-electron chi connectivity index (χ2n) is 5.59. The third kappa shape index (κ3) is 4.03. The maximum absolute atomic E-state index is 11.6. The monoisotopic (exact) mass is 300 g/mol. The van der Waals surface area contributed by atoms with Crippen molar-refractivity contribution in [1.82, 2.24) is 25.1 Å². The van der Waals surface area contributed by atoms with Gasteiger partial charge in [0.2, 0.25) is 5.91 Å². The van der Waals surface area contributed by atoms with E-state index in [0.29, 0.717) is 31.2 Å². The van der Waals surface area contributed by atoms with Gasteiger partial charge in [-0.05, 0) is 31.7 Å². The number of aryl methyl sites for hydroxylation is 1. The fourth-order valence-corrected chi connectivity index (χ4v) is 2.16. The molecule has 1 saturated carbocycles. The summed E-state index contributed by atoms with van der Waals surface area (Å²) in [6.07, 6.45) is 6.42. The molecule has 116 valence electrons. The van der Waals surface area contributed by atoms with Gasteiger partial charge in [-0.3, -0.25) is 4.79 Å². The van der Waals surface area contributed by atoms with Gasteiger partial charge in [0, 0.05) is 31.8 Å². The van der Waals surface area contributed by atoms with Gasteiger partial charge in [0.1, 0.15) is 12.1 Å². The van der Waals surface area contributed by atoms with Gasteiger partial charge in [0.05, 0.1) is 5.69 Å². The molecule has 7 nitrogen and oxygen atoms in total. The average Bonchev–Trinajstić information content (AvgIpc) is 3.22. The number of nitrogens with zero attached hydrogens (tertiary/aromatic N) is 4. The minimum atomic E-state index is 0.139. The second kappa shape index (κ2) is 6.55. The Kier molecular flexibility index (Phi) is 4.32. The first-order valence-electron chi connectivity index (χ1n) is 7.56. The molecule has 7 heteroatoms. The molecule has 0 radical (unpaired) electrons. The highest BCUT2D eigenvalue weighted by atomic mass is 16.1. The first kappa shape index (κ1) is 14.5. The molecule has 1 aliphatic carbocycles. The van der Waals surface area contributed by atoms with E-state index in [2.05, 4.69) is 25.7 Å². The number of carbonyl (C=O) groups is 1. The van der Waals surface area contributed by atoms with Crippen LogP contribution in [0.3, 0.4) is 0 Å². The number of hydrogen-bond acceptors (Lipinski definition) is 5. The first-order chi connectivity index (χ1) is 10.7. The first-order valence-corrected chi connectivity index (χ1v) is 7.56. The quantitative estimate of drug-likeness (QED) is 0.753. The Morgan fingerprint density at radius 1 is 1.36 bits per heavy atom. The highest BCUT2D eigenvalue weighted by molar-refractivity contribution is 5.76. The topological polar surface area (TPSA) is 84.7 Å². The summed E-state index contributed by atoms with van der Waals surface area (Å²) in [6.45, 7) is 3.15. The normalized spacial score (nSPS) is 13.9. The van der Waals surface area contributed by atoms with Crippen molar-refractivity contribution >= 4 is 11.7 Å². The number of rotatable bonds is 7. The highest BCUT2D eigenvalue weighted by Crippen LogP contribution is 2.31. The molecule has 0 aliphatic heterocycles. The third-order valence-corrected chi connectivity index (χ3v) is 3.53. The zero-order valence-electron chi connectivity index (χ0n) is 12.6. The van der Waals surface area contributed by atoms with Crippen molar-refractivity contribution in [2.75, 3.05) is 18.4 Å². The number of anilines is 1. The lowest BCUT2D eigenvalue weighted by atomic mass is 10.3. The molecule has 3 rings (SSSR count). The summed E-state index contributed by atoms with van der Waals surface area (Å²) < 4.78 is 1.71. The van der Waals surface area contributed by atoms with Crippen LogP contribution in [0.2, 0.25) is 0 Å². The van der Waals surface area contributed by atoms with Crippen molar-refractivity contribution in [3.8, 4) is 5.82 Å². The zero-order chi connectivity index (χ0) is 15.4. The lowest BCUT2D eigenvalue weighted by molar-refractivity contribution is -0.121. The van der Waals surface area contributed by atoms with Crippen LogP contribution >= 0.6 is 0 Å². The Bertz CT molecular complexity index is 649. The van der Waals surface area contributed by atoms with Crippen molar-refractivity contribution in [2.24, 2.45) is 5.92 Å². The summed E-state index contributed by atoms with van der Waals surface area (Å²) in [5.74, 6) is 2.19. The molecule has 2 N–H and O–H groups in total. The van der Waals surface area contributed by atoms with E-state index in [1.54, 1.807) is 4.68 Å². The molecule has 0 aromatic carbocycles. The minimum absolute atomic E-state index is 0.139. The highest BCUT2D eigenvalue weighted by Gasteiger charge is 2.23. The summed E-state index contributed by atoms with van der Waals surface area (Å²) in [5.41, 5.74) is 0.937. The van der Waals surface area contributed by atoms with Crippen LogP contribution in [0.25, 0.3) is 5.82 Å². The molecular weight excluding hydrogens is 280 g/mol. The molecule has 22 heavy (non-hydrogen) atoms. The van der Waals surface area contributed by atoms with Gasteiger partial charge in [-0.25, -0.2) is 14.6 Å². The van der Waals surface area contributed by atoms with Gasteiger partial charge in [-0.1, -0.05) is 0 Å². The van der Waals surface area contributed by atoms with Gasteiger partial charge in [-0.15, -0.1) is 0 Å². The smallest absolute Gasteiger partial charge is 0.220 e. The Morgan fingerprint density at radius 3 is 2.95 bits per heavy atom. The van der Waals surface area contributed by atoms with Crippen LogP contribution in [0, 0.1) is 12.8 Å². The Labute approximate surface area is 129 Å². The summed E-state index contributed by atoms with van der Waals surface area (Å²) >= 11 is 0. The Hall–Kier alpha value is -2.44. The van der Waals surface area contributed by atoms with Crippen molar-refractivity contribution in [2.45, 2.75) is 26.2 Å². The van der Waals surface area contributed by atoms with E-state index in [0.717, 1.165) is 11.5 Å². The summed E-state index contributed by atoms with van der Waals surface area (Å²) in [6, 6.07) is 3.75. The molecule has 0 unspecified atom stereocenters.